The van der Waals surface area contributed by atoms with Crippen molar-refractivity contribution in [1.29, 1.82) is 0 Å². The van der Waals surface area contributed by atoms with E-state index in [9.17, 15) is 4.79 Å². The van der Waals surface area contributed by atoms with Crippen LogP contribution < -0.4 is 0 Å². The molecule has 0 spiro atoms. The molecule has 1 nitrogen and oxygen atoms in total. The summed E-state index contributed by atoms with van der Waals surface area (Å²) in [6.07, 6.45) is 5.66. The van der Waals surface area contributed by atoms with Gasteiger partial charge in [-0.3, -0.25) is 4.79 Å². The molecule has 1 heteroatoms. The molecule has 0 aromatic heterocycles. The van der Waals surface area contributed by atoms with Gasteiger partial charge in [0.15, 0.2) is 5.78 Å². The van der Waals surface area contributed by atoms with E-state index in [0.29, 0.717) is 11.7 Å². The first-order valence-corrected chi connectivity index (χ1v) is 9.65. The summed E-state index contributed by atoms with van der Waals surface area (Å²) in [7, 11) is 0. The lowest BCUT2D eigenvalue weighted by atomic mass is 9.64. The molecule has 0 fully saturated rings. The predicted molar refractivity (Wildman–Crippen MR) is 105 cm³/mol. The molecule has 0 unspecified atom stereocenters. The average Bonchev–Trinajstić information content (AvgIpc) is 3.00. The van der Waals surface area contributed by atoms with Gasteiger partial charge in [-0.1, -0.05) is 72.3 Å². The molecule has 0 saturated heterocycles. The van der Waals surface area contributed by atoms with Gasteiger partial charge in [-0.05, 0) is 52.6 Å². The summed E-state index contributed by atoms with van der Waals surface area (Å²) in [5.74, 6) is 1.04. The molecule has 0 heterocycles. The molecule has 0 saturated carbocycles. The fourth-order valence-electron chi connectivity index (χ4n) is 5.72. The molecule has 6 rings (SSSR count). The Balaban J connectivity index is 1.62. The van der Waals surface area contributed by atoms with Crippen LogP contribution in [0, 0.1) is 5.92 Å². The summed E-state index contributed by atoms with van der Waals surface area (Å²) >= 11 is 0. The minimum atomic E-state index is 0.0808. The highest BCUT2D eigenvalue weighted by molar-refractivity contribution is 6.05. The van der Waals surface area contributed by atoms with Gasteiger partial charge in [-0.15, -0.1) is 0 Å². The van der Waals surface area contributed by atoms with Crippen molar-refractivity contribution in [2.45, 2.75) is 31.1 Å². The number of benzene rings is 3. The van der Waals surface area contributed by atoms with Crippen molar-refractivity contribution >= 4 is 16.6 Å². The minimum absolute atomic E-state index is 0.0808. The van der Waals surface area contributed by atoms with Crippen molar-refractivity contribution in [3.05, 3.63) is 94.6 Å². The fourth-order valence-corrected chi connectivity index (χ4v) is 5.72. The van der Waals surface area contributed by atoms with Gasteiger partial charge in [-0.25, -0.2) is 0 Å². The number of carbonyl (C=O) groups is 1. The second kappa shape index (κ2) is 5.17. The normalized spacial score (nSPS) is 25.9. The molecule has 3 atom stereocenters. The molecule has 0 aliphatic heterocycles. The van der Waals surface area contributed by atoms with Crippen LogP contribution in [0.25, 0.3) is 10.8 Å². The Bertz CT molecular complexity index is 1100. The van der Waals surface area contributed by atoms with Crippen LogP contribution in [0.2, 0.25) is 0 Å². The summed E-state index contributed by atoms with van der Waals surface area (Å²) in [5.41, 5.74) is 6.60. The molecule has 3 aromatic carbocycles. The van der Waals surface area contributed by atoms with Crippen LogP contribution in [-0.4, -0.2) is 5.78 Å². The van der Waals surface area contributed by atoms with Gasteiger partial charge in [0.25, 0.3) is 0 Å². The Morgan fingerprint density at radius 3 is 2.65 bits per heavy atom. The lowest BCUT2D eigenvalue weighted by Gasteiger charge is -2.39. The maximum atomic E-state index is 13.4. The van der Waals surface area contributed by atoms with Crippen LogP contribution in [0.4, 0.5) is 0 Å². The van der Waals surface area contributed by atoms with Gasteiger partial charge in [-0.2, -0.15) is 0 Å². The number of Topliss-reactive ketones (excluding diaryl/α,β-unsaturated/α-hetero) is 1. The summed E-state index contributed by atoms with van der Waals surface area (Å²) in [5, 5.41) is 2.63. The Labute approximate surface area is 153 Å². The molecular weight excluding hydrogens is 316 g/mol. The number of carbonyl (C=O) groups excluding carboxylic acids is 1. The third-order valence-electron chi connectivity index (χ3n) is 6.81. The van der Waals surface area contributed by atoms with Gasteiger partial charge in [0, 0.05) is 17.4 Å². The Morgan fingerprint density at radius 2 is 1.69 bits per heavy atom. The lowest BCUT2D eigenvalue weighted by Crippen LogP contribution is -2.30. The van der Waals surface area contributed by atoms with Gasteiger partial charge < -0.3 is 0 Å². The van der Waals surface area contributed by atoms with Crippen LogP contribution in [0.5, 0.6) is 0 Å². The number of fused-ring (bicyclic) bond motifs is 9. The summed E-state index contributed by atoms with van der Waals surface area (Å²) < 4.78 is 0. The molecule has 0 amide bonds. The van der Waals surface area contributed by atoms with E-state index in [-0.39, 0.29) is 11.8 Å². The number of hydrogen-bond acceptors (Lipinski definition) is 1. The largest absolute Gasteiger partial charge is 0.294 e. The van der Waals surface area contributed by atoms with Crippen molar-refractivity contribution in [2.75, 3.05) is 0 Å². The van der Waals surface area contributed by atoms with Gasteiger partial charge in [0.2, 0.25) is 0 Å². The van der Waals surface area contributed by atoms with Crippen LogP contribution in [0.1, 0.15) is 51.7 Å². The van der Waals surface area contributed by atoms with Crippen LogP contribution in [0.3, 0.4) is 0 Å². The van der Waals surface area contributed by atoms with Gasteiger partial charge in [0.1, 0.15) is 0 Å². The molecule has 0 radical (unpaired) electrons. The summed E-state index contributed by atoms with van der Waals surface area (Å²) in [6, 6.07) is 21.5. The smallest absolute Gasteiger partial charge is 0.167 e. The molecule has 3 aromatic rings. The van der Waals surface area contributed by atoms with E-state index >= 15 is 0 Å². The average molecular weight is 336 g/mol. The third kappa shape index (κ3) is 1.78. The SMILES string of the molecule is O=C1c2ccccc2[C@@H]2CC=C3CCc4ccc5ccccc5c4[C@@H]3[C@H]12. The van der Waals surface area contributed by atoms with Crippen molar-refractivity contribution in [3.8, 4) is 0 Å². The first-order valence-electron chi connectivity index (χ1n) is 9.65. The number of aryl methyl sites for hydroxylation is 1. The number of rotatable bonds is 0. The van der Waals surface area contributed by atoms with E-state index in [4.69, 9.17) is 0 Å². The van der Waals surface area contributed by atoms with Gasteiger partial charge >= 0.3 is 0 Å². The molecule has 3 aliphatic carbocycles. The number of allylic oxidation sites excluding steroid dienone is 2. The second-order valence-electron chi connectivity index (χ2n) is 7.94. The van der Waals surface area contributed by atoms with Crippen molar-refractivity contribution < 1.29 is 4.79 Å². The highest BCUT2D eigenvalue weighted by Crippen LogP contribution is 2.56. The monoisotopic (exact) mass is 336 g/mol. The highest BCUT2D eigenvalue weighted by atomic mass is 16.1. The molecule has 3 aliphatic rings. The highest BCUT2D eigenvalue weighted by Gasteiger charge is 2.48. The summed E-state index contributed by atoms with van der Waals surface area (Å²) in [4.78, 5) is 13.4. The molecule has 0 N–H and O–H groups in total. The van der Waals surface area contributed by atoms with Crippen LogP contribution in [-0.2, 0) is 6.42 Å². The standard InChI is InChI=1S/C25H20O/c26-25-21-8-4-3-7-19(21)20-14-13-17-12-11-16-10-9-15-5-1-2-6-18(15)22(16)23(17)24(20)25/h1-10,13,20,23-24H,11-12,14H2/t20-,23+,24+/m0/s1. The lowest BCUT2D eigenvalue weighted by molar-refractivity contribution is 0.0903. The zero-order chi connectivity index (χ0) is 17.3. The van der Waals surface area contributed by atoms with Gasteiger partial charge in [0.05, 0.1) is 0 Å². The fraction of sp³-hybridized carbons (Fsp3) is 0.240. The molecule has 0 bridgehead atoms. The Hall–Kier alpha value is -2.67. The Kier molecular flexibility index (Phi) is 2.88. The topological polar surface area (TPSA) is 17.1 Å². The van der Waals surface area contributed by atoms with E-state index in [1.165, 1.54) is 33.0 Å². The molecule has 26 heavy (non-hydrogen) atoms. The predicted octanol–water partition coefficient (Wildman–Crippen LogP) is 5.80. The zero-order valence-electron chi connectivity index (χ0n) is 14.6. The van der Waals surface area contributed by atoms with Crippen LogP contribution in [0.15, 0.2) is 72.3 Å². The first kappa shape index (κ1) is 14.5. The maximum Gasteiger partial charge on any atom is 0.167 e. The van der Waals surface area contributed by atoms with E-state index in [0.717, 1.165) is 24.8 Å². The molecule has 126 valence electrons. The molecular formula is C25H20O. The van der Waals surface area contributed by atoms with Crippen molar-refractivity contribution in [1.82, 2.24) is 0 Å². The van der Waals surface area contributed by atoms with E-state index in [1.54, 1.807) is 0 Å². The zero-order valence-corrected chi connectivity index (χ0v) is 14.6. The quantitative estimate of drug-likeness (QED) is 0.474. The Morgan fingerprint density at radius 1 is 0.846 bits per heavy atom. The summed E-state index contributed by atoms with van der Waals surface area (Å²) in [6.45, 7) is 0. The third-order valence-corrected chi connectivity index (χ3v) is 6.81. The maximum absolute atomic E-state index is 13.4. The minimum Gasteiger partial charge on any atom is -0.294 e. The van der Waals surface area contributed by atoms with Crippen molar-refractivity contribution in [3.63, 3.8) is 0 Å². The second-order valence-corrected chi connectivity index (χ2v) is 7.94. The first-order chi connectivity index (χ1) is 12.8. The van der Waals surface area contributed by atoms with Crippen LogP contribution >= 0.6 is 0 Å². The number of hydrogen-bond donors (Lipinski definition) is 0. The van der Waals surface area contributed by atoms with E-state index < -0.39 is 0 Å². The van der Waals surface area contributed by atoms with E-state index in [2.05, 4.69) is 54.6 Å². The van der Waals surface area contributed by atoms with E-state index in [1.807, 2.05) is 12.1 Å². The van der Waals surface area contributed by atoms with Crippen molar-refractivity contribution in [2.24, 2.45) is 5.92 Å². The number of ketones is 1.